The van der Waals surface area contributed by atoms with Gasteiger partial charge < -0.3 is 19.9 Å². The van der Waals surface area contributed by atoms with Crippen LogP contribution in [0.2, 0.25) is 0 Å². The fraction of sp³-hybridized carbons (Fsp3) is 0.692. The summed E-state index contributed by atoms with van der Waals surface area (Å²) in [6.07, 6.45) is 0. The predicted octanol–water partition coefficient (Wildman–Crippen LogP) is 0.595. The number of aromatic nitrogens is 2. The Morgan fingerprint density at radius 2 is 2.00 bits per heavy atom. The molecule has 1 N–H and O–H groups in total. The first-order chi connectivity index (χ1) is 9.19. The smallest absolute Gasteiger partial charge is 0.134 e. The Morgan fingerprint density at radius 3 is 2.68 bits per heavy atom. The van der Waals surface area contributed by atoms with E-state index in [0.717, 1.165) is 50.2 Å². The Kier molecular flexibility index (Phi) is 4.93. The molecule has 2 rings (SSSR count). The van der Waals surface area contributed by atoms with Crippen LogP contribution in [0.4, 0.5) is 11.6 Å². The summed E-state index contributed by atoms with van der Waals surface area (Å²) in [5, 5.41) is 3.26. The third-order valence-electron chi connectivity index (χ3n) is 3.26. The monoisotopic (exact) mass is 265 g/mol. The van der Waals surface area contributed by atoms with E-state index in [1.807, 2.05) is 13.0 Å². The Morgan fingerprint density at radius 1 is 1.26 bits per heavy atom. The van der Waals surface area contributed by atoms with Gasteiger partial charge in [0, 0.05) is 45.9 Å². The standard InChI is InChI=1S/C13H23N5O/c1-11-15-12(14-4-9-19-3)10-13(16-11)18-7-5-17(2)6-8-18/h10H,4-9H2,1-3H3,(H,14,15,16). The molecule has 1 aromatic heterocycles. The highest BCUT2D eigenvalue weighted by molar-refractivity contribution is 5.49. The third-order valence-corrected chi connectivity index (χ3v) is 3.26. The fourth-order valence-corrected chi connectivity index (χ4v) is 2.12. The topological polar surface area (TPSA) is 53.5 Å². The normalized spacial score (nSPS) is 16.7. The van der Waals surface area contributed by atoms with Crippen LogP contribution in [-0.4, -0.2) is 68.4 Å². The van der Waals surface area contributed by atoms with Crippen molar-refractivity contribution in [3.05, 3.63) is 11.9 Å². The van der Waals surface area contributed by atoms with Crippen LogP contribution < -0.4 is 10.2 Å². The van der Waals surface area contributed by atoms with Gasteiger partial charge in [-0.05, 0) is 14.0 Å². The van der Waals surface area contributed by atoms with Crippen LogP contribution in [0.25, 0.3) is 0 Å². The third kappa shape index (κ3) is 4.04. The zero-order valence-electron chi connectivity index (χ0n) is 12.0. The molecule has 0 unspecified atom stereocenters. The summed E-state index contributed by atoms with van der Waals surface area (Å²) in [4.78, 5) is 13.6. The van der Waals surface area contributed by atoms with Crippen LogP contribution >= 0.6 is 0 Å². The van der Waals surface area contributed by atoms with Gasteiger partial charge >= 0.3 is 0 Å². The molecule has 0 amide bonds. The van der Waals surface area contributed by atoms with Crippen LogP contribution in [0.5, 0.6) is 0 Å². The second kappa shape index (κ2) is 6.68. The average Bonchev–Trinajstić information content (AvgIpc) is 2.39. The number of nitrogens with zero attached hydrogens (tertiary/aromatic N) is 4. The zero-order valence-corrected chi connectivity index (χ0v) is 12.0. The number of rotatable bonds is 5. The number of aryl methyl sites for hydroxylation is 1. The van der Waals surface area contributed by atoms with Crippen molar-refractivity contribution in [2.45, 2.75) is 6.92 Å². The number of ether oxygens (including phenoxy) is 1. The molecule has 1 aliphatic rings. The number of piperazine rings is 1. The minimum absolute atomic E-state index is 0.674. The molecule has 1 fully saturated rings. The van der Waals surface area contributed by atoms with Gasteiger partial charge in [-0.15, -0.1) is 0 Å². The molecule has 0 aromatic carbocycles. The van der Waals surface area contributed by atoms with Crippen molar-refractivity contribution < 1.29 is 4.74 Å². The van der Waals surface area contributed by atoms with E-state index in [0.29, 0.717) is 6.61 Å². The molecule has 1 aliphatic heterocycles. The first-order valence-corrected chi connectivity index (χ1v) is 6.71. The number of nitrogens with one attached hydrogen (secondary N) is 1. The van der Waals surface area contributed by atoms with E-state index in [1.165, 1.54) is 0 Å². The van der Waals surface area contributed by atoms with Crippen molar-refractivity contribution in [1.82, 2.24) is 14.9 Å². The van der Waals surface area contributed by atoms with Gasteiger partial charge in [0.15, 0.2) is 0 Å². The largest absolute Gasteiger partial charge is 0.383 e. The Bertz CT molecular complexity index is 404. The molecule has 0 saturated carbocycles. The summed E-state index contributed by atoms with van der Waals surface area (Å²) < 4.78 is 5.03. The maximum atomic E-state index is 5.03. The number of hydrogen-bond acceptors (Lipinski definition) is 6. The summed E-state index contributed by atoms with van der Waals surface area (Å²) in [6.45, 7) is 7.56. The van der Waals surface area contributed by atoms with Gasteiger partial charge in [-0.3, -0.25) is 0 Å². The lowest BCUT2D eigenvalue weighted by atomic mass is 10.3. The van der Waals surface area contributed by atoms with Crippen LogP contribution in [0.15, 0.2) is 6.07 Å². The number of hydrogen-bond donors (Lipinski definition) is 1. The van der Waals surface area contributed by atoms with Crippen LogP contribution in [0, 0.1) is 6.92 Å². The quantitative estimate of drug-likeness (QED) is 0.787. The van der Waals surface area contributed by atoms with Gasteiger partial charge in [0.1, 0.15) is 17.5 Å². The lowest BCUT2D eigenvalue weighted by Gasteiger charge is -2.33. The highest BCUT2D eigenvalue weighted by Crippen LogP contribution is 2.17. The fourth-order valence-electron chi connectivity index (χ4n) is 2.12. The molecule has 1 aromatic rings. The highest BCUT2D eigenvalue weighted by Gasteiger charge is 2.16. The summed E-state index contributed by atoms with van der Waals surface area (Å²) in [5.74, 6) is 2.69. The van der Waals surface area contributed by atoms with Crippen molar-refractivity contribution in [1.29, 1.82) is 0 Å². The molecule has 19 heavy (non-hydrogen) atoms. The molecule has 0 spiro atoms. The molecule has 0 aliphatic carbocycles. The van der Waals surface area contributed by atoms with Gasteiger partial charge in [0.2, 0.25) is 0 Å². The molecular formula is C13H23N5O. The summed E-state index contributed by atoms with van der Waals surface area (Å²) in [6, 6.07) is 2.02. The minimum atomic E-state index is 0.674. The molecule has 1 saturated heterocycles. The van der Waals surface area contributed by atoms with Crippen molar-refractivity contribution in [2.75, 3.05) is 63.7 Å². The van der Waals surface area contributed by atoms with E-state index in [1.54, 1.807) is 7.11 Å². The molecule has 6 heteroatoms. The SMILES string of the molecule is COCCNc1cc(N2CCN(C)CC2)nc(C)n1. The molecule has 6 nitrogen and oxygen atoms in total. The molecular weight excluding hydrogens is 242 g/mol. The van der Waals surface area contributed by atoms with E-state index >= 15 is 0 Å². The number of methoxy groups -OCH3 is 1. The Balaban J connectivity index is 2.03. The molecule has 0 radical (unpaired) electrons. The van der Waals surface area contributed by atoms with E-state index in [2.05, 4.69) is 32.1 Å². The molecule has 2 heterocycles. The highest BCUT2D eigenvalue weighted by atomic mass is 16.5. The van der Waals surface area contributed by atoms with E-state index in [-0.39, 0.29) is 0 Å². The number of anilines is 2. The second-order valence-corrected chi connectivity index (χ2v) is 4.87. The van der Waals surface area contributed by atoms with E-state index in [4.69, 9.17) is 4.74 Å². The van der Waals surface area contributed by atoms with Gasteiger partial charge in [-0.25, -0.2) is 9.97 Å². The van der Waals surface area contributed by atoms with Crippen molar-refractivity contribution in [2.24, 2.45) is 0 Å². The van der Waals surface area contributed by atoms with E-state index in [9.17, 15) is 0 Å². The second-order valence-electron chi connectivity index (χ2n) is 4.87. The summed E-state index contributed by atoms with van der Waals surface area (Å²) in [5.41, 5.74) is 0. The lowest BCUT2D eigenvalue weighted by molar-refractivity contribution is 0.210. The number of likely N-dealkylation sites (N-methyl/N-ethyl adjacent to an activating group) is 1. The Hall–Kier alpha value is -1.40. The Labute approximate surface area is 114 Å². The zero-order chi connectivity index (χ0) is 13.7. The average molecular weight is 265 g/mol. The van der Waals surface area contributed by atoms with Crippen molar-refractivity contribution >= 4 is 11.6 Å². The summed E-state index contributed by atoms with van der Waals surface area (Å²) >= 11 is 0. The molecule has 106 valence electrons. The lowest BCUT2D eigenvalue weighted by Crippen LogP contribution is -2.44. The van der Waals surface area contributed by atoms with Crippen LogP contribution in [0.3, 0.4) is 0 Å². The summed E-state index contributed by atoms with van der Waals surface area (Å²) in [7, 11) is 3.85. The van der Waals surface area contributed by atoms with Crippen LogP contribution in [0.1, 0.15) is 5.82 Å². The first-order valence-electron chi connectivity index (χ1n) is 6.71. The maximum absolute atomic E-state index is 5.03. The molecule has 0 bridgehead atoms. The maximum Gasteiger partial charge on any atom is 0.134 e. The van der Waals surface area contributed by atoms with Gasteiger partial charge in [0.25, 0.3) is 0 Å². The van der Waals surface area contributed by atoms with Gasteiger partial charge in [-0.2, -0.15) is 0 Å². The van der Waals surface area contributed by atoms with Crippen LogP contribution in [-0.2, 0) is 4.74 Å². The predicted molar refractivity (Wildman–Crippen MR) is 76.8 cm³/mol. The van der Waals surface area contributed by atoms with Crippen molar-refractivity contribution in [3.63, 3.8) is 0 Å². The first kappa shape index (κ1) is 14.0. The van der Waals surface area contributed by atoms with Gasteiger partial charge in [-0.1, -0.05) is 0 Å². The molecule has 0 atom stereocenters. The van der Waals surface area contributed by atoms with Crippen molar-refractivity contribution in [3.8, 4) is 0 Å². The van der Waals surface area contributed by atoms with E-state index < -0.39 is 0 Å². The minimum Gasteiger partial charge on any atom is -0.383 e. The van der Waals surface area contributed by atoms with Gasteiger partial charge in [0.05, 0.1) is 6.61 Å².